The van der Waals surface area contributed by atoms with Crippen LogP contribution in [0.25, 0.3) is 0 Å². The summed E-state index contributed by atoms with van der Waals surface area (Å²) in [5.41, 5.74) is 0.890. The molecule has 1 aromatic carbocycles. The molecule has 0 fully saturated rings. The van der Waals surface area contributed by atoms with Gasteiger partial charge in [0.2, 0.25) is 10.0 Å². The molecule has 0 spiro atoms. The molecule has 1 aromatic rings. The SMILES string of the molecule is CNc1ccc(S(=O)(=O)NC(C)CSC)cc1. The van der Waals surface area contributed by atoms with Gasteiger partial charge in [-0.25, -0.2) is 13.1 Å². The van der Waals surface area contributed by atoms with Crippen molar-refractivity contribution in [2.24, 2.45) is 0 Å². The normalized spacial score (nSPS) is 13.4. The second-order valence-electron chi connectivity index (χ2n) is 3.75. The number of anilines is 1. The third-order valence-electron chi connectivity index (χ3n) is 2.23. The largest absolute Gasteiger partial charge is 0.388 e. The first kappa shape index (κ1) is 14.3. The molecular weight excluding hydrogens is 256 g/mol. The van der Waals surface area contributed by atoms with Gasteiger partial charge in [-0.3, -0.25) is 0 Å². The average Bonchev–Trinajstić information content (AvgIpc) is 2.28. The van der Waals surface area contributed by atoms with E-state index in [-0.39, 0.29) is 6.04 Å². The van der Waals surface area contributed by atoms with Crippen LogP contribution in [0.3, 0.4) is 0 Å². The molecule has 0 saturated carbocycles. The van der Waals surface area contributed by atoms with E-state index in [4.69, 9.17) is 0 Å². The molecule has 0 saturated heterocycles. The van der Waals surface area contributed by atoms with Gasteiger partial charge in [-0.05, 0) is 37.4 Å². The van der Waals surface area contributed by atoms with E-state index in [2.05, 4.69) is 10.0 Å². The van der Waals surface area contributed by atoms with Crippen LogP contribution >= 0.6 is 11.8 Å². The Morgan fingerprint density at radius 3 is 2.35 bits per heavy atom. The van der Waals surface area contributed by atoms with Crippen molar-refractivity contribution in [1.29, 1.82) is 0 Å². The van der Waals surface area contributed by atoms with Crippen LogP contribution in [0.2, 0.25) is 0 Å². The van der Waals surface area contributed by atoms with E-state index in [1.807, 2.05) is 13.2 Å². The molecule has 0 bridgehead atoms. The van der Waals surface area contributed by atoms with E-state index >= 15 is 0 Å². The van der Waals surface area contributed by atoms with Gasteiger partial charge in [0.05, 0.1) is 4.90 Å². The third kappa shape index (κ3) is 4.22. The summed E-state index contributed by atoms with van der Waals surface area (Å²) in [7, 11) is -1.60. The Hall–Kier alpha value is -0.720. The van der Waals surface area contributed by atoms with E-state index < -0.39 is 10.0 Å². The molecule has 1 atom stereocenters. The van der Waals surface area contributed by atoms with Gasteiger partial charge in [-0.1, -0.05) is 0 Å². The van der Waals surface area contributed by atoms with Gasteiger partial charge >= 0.3 is 0 Å². The van der Waals surface area contributed by atoms with Crippen molar-refractivity contribution >= 4 is 27.5 Å². The molecule has 0 heterocycles. The molecule has 96 valence electrons. The Balaban J connectivity index is 2.82. The average molecular weight is 274 g/mol. The minimum Gasteiger partial charge on any atom is -0.388 e. The second-order valence-corrected chi connectivity index (χ2v) is 6.38. The summed E-state index contributed by atoms with van der Waals surface area (Å²) < 4.78 is 26.6. The molecule has 2 N–H and O–H groups in total. The first-order valence-electron chi connectivity index (χ1n) is 5.28. The molecular formula is C11H18N2O2S2. The quantitative estimate of drug-likeness (QED) is 0.830. The summed E-state index contributed by atoms with van der Waals surface area (Å²) >= 11 is 1.61. The molecule has 0 aliphatic rings. The predicted octanol–water partition coefficient (Wildman–Crippen LogP) is 1.76. The van der Waals surface area contributed by atoms with Crippen molar-refractivity contribution in [3.8, 4) is 0 Å². The van der Waals surface area contributed by atoms with E-state index in [1.165, 1.54) is 0 Å². The lowest BCUT2D eigenvalue weighted by molar-refractivity contribution is 0.571. The maximum absolute atomic E-state index is 12.0. The predicted molar refractivity (Wildman–Crippen MR) is 74.2 cm³/mol. The fourth-order valence-electron chi connectivity index (χ4n) is 1.42. The zero-order valence-electron chi connectivity index (χ0n) is 10.2. The summed E-state index contributed by atoms with van der Waals surface area (Å²) in [6.45, 7) is 1.86. The minimum absolute atomic E-state index is 0.0704. The molecule has 0 aliphatic heterocycles. The topological polar surface area (TPSA) is 58.2 Å². The number of nitrogens with one attached hydrogen (secondary N) is 2. The summed E-state index contributed by atoms with van der Waals surface area (Å²) in [5.74, 6) is 0.758. The van der Waals surface area contributed by atoms with E-state index in [0.717, 1.165) is 11.4 Å². The number of sulfonamides is 1. The number of benzene rings is 1. The highest BCUT2D eigenvalue weighted by atomic mass is 32.2. The summed E-state index contributed by atoms with van der Waals surface area (Å²) in [6.07, 6.45) is 1.95. The van der Waals surface area contributed by atoms with Gasteiger partial charge in [-0.15, -0.1) is 0 Å². The fraction of sp³-hybridized carbons (Fsp3) is 0.455. The zero-order valence-corrected chi connectivity index (χ0v) is 11.9. The van der Waals surface area contributed by atoms with Gasteiger partial charge in [-0.2, -0.15) is 11.8 Å². The zero-order chi connectivity index (χ0) is 12.9. The highest BCUT2D eigenvalue weighted by Gasteiger charge is 2.16. The summed E-state index contributed by atoms with van der Waals surface area (Å²) in [4.78, 5) is 0.296. The summed E-state index contributed by atoms with van der Waals surface area (Å²) in [5, 5.41) is 2.95. The van der Waals surface area contributed by atoms with Crippen molar-refractivity contribution in [2.45, 2.75) is 17.9 Å². The van der Waals surface area contributed by atoms with Crippen LogP contribution in [-0.2, 0) is 10.0 Å². The van der Waals surface area contributed by atoms with Crippen molar-refractivity contribution in [3.63, 3.8) is 0 Å². The van der Waals surface area contributed by atoms with Crippen molar-refractivity contribution < 1.29 is 8.42 Å². The number of hydrogen-bond donors (Lipinski definition) is 2. The first-order chi connectivity index (χ1) is 7.99. The molecule has 1 unspecified atom stereocenters. The number of hydrogen-bond acceptors (Lipinski definition) is 4. The lowest BCUT2D eigenvalue weighted by Crippen LogP contribution is -2.34. The summed E-state index contributed by atoms with van der Waals surface area (Å²) in [6, 6.07) is 6.61. The minimum atomic E-state index is -3.40. The van der Waals surface area contributed by atoms with Crippen LogP contribution in [0, 0.1) is 0 Å². The molecule has 0 aliphatic carbocycles. The van der Waals surface area contributed by atoms with Crippen molar-refractivity contribution in [2.75, 3.05) is 24.4 Å². The molecule has 4 nitrogen and oxygen atoms in total. The van der Waals surface area contributed by atoms with Crippen LogP contribution in [0.1, 0.15) is 6.92 Å². The Morgan fingerprint density at radius 1 is 1.29 bits per heavy atom. The Kier molecular flexibility index (Phi) is 5.30. The number of rotatable bonds is 6. The monoisotopic (exact) mass is 274 g/mol. The van der Waals surface area contributed by atoms with Gasteiger partial charge < -0.3 is 5.32 Å². The molecule has 0 aromatic heterocycles. The van der Waals surface area contributed by atoms with E-state index in [0.29, 0.717) is 4.90 Å². The van der Waals surface area contributed by atoms with Crippen LogP contribution in [0.15, 0.2) is 29.2 Å². The highest BCUT2D eigenvalue weighted by Crippen LogP contribution is 2.14. The van der Waals surface area contributed by atoms with Crippen molar-refractivity contribution in [3.05, 3.63) is 24.3 Å². The Morgan fingerprint density at radius 2 is 1.88 bits per heavy atom. The smallest absolute Gasteiger partial charge is 0.240 e. The molecule has 0 amide bonds. The van der Waals surface area contributed by atoms with Gasteiger partial charge in [0.25, 0.3) is 0 Å². The maximum atomic E-state index is 12.0. The van der Waals surface area contributed by atoms with Crippen LogP contribution in [0.4, 0.5) is 5.69 Å². The molecule has 17 heavy (non-hydrogen) atoms. The number of thioether (sulfide) groups is 1. The van der Waals surface area contributed by atoms with Gasteiger partial charge in [0.15, 0.2) is 0 Å². The molecule has 1 rings (SSSR count). The van der Waals surface area contributed by atoms with E-state index in [1.54, 1.807) is 43.1 Å². The van der Waals surface area contributed by atoms with Gasteiger partial charge in [0.1, 0.15) is 0 Å². The standard InChI is InChI=1S/C11H18N2O2S2/c1-9(8-16-3)13-17(14,15)11-6-4-10(12-2)5-7-11/h4-7,9,12-13H,8H2,1-3H3. The third-order valence-corrected chi connectivity index (χ3v) is 4.67. The second kappa shape index (κ2) is 6.28. The van der Waals surface area contributed by atoms with Crippen molar-refractivity contribution in [1.82, 2.24) is 4.72 Å². The lowest BCUT2D eigenvalue weighted by atomic mass is 10.3. The maximum Gasteiger partial charge on any atom is 0.240 e. The van der Waals surface area contributed by atoms with Crippen LogP contribution in [0.5, 0.6) is 0 Å². The lowest BCUT2D eigenvalue weighted by Gasteiger charge is -2.13. The molecule has 0 radical (unpaired) electrons. The Labute approximate surface area is 107 Å². The fourth-order valence-corrected chi connectivity index (χ4v) is 3.35. The van der Waals surface area contributed by atoms with E-state index in [9.17, 15) is 8.42 Å². The van der Waals surface area contributed by atoms with Gasteiger partial charge in [0, 0.05) is 24.5 Å². The van der Waals surface area contributed by atoms with Crippen LogP contribution < -0.4 is 10.0 Å². The van der Waals surface area contributed by atoms with Crippen LogP contribution in [-0.4, -0.2) is 33.5 Å². The highest BCUT2D eigenvalue weighted by molar-refractivity contribution is 7.98. The first-order valence-corrected chi connectivity index (χ1v) is 8.16. The molecule has 6 heteroatoms. The Bertz CT molecular complexity index is 443.